The van der Waals surface area contributed by atoms with Crippen LogP contribution in [0.5, 0.6) is 5.75 Å². The molecule has 2 aromatic carbocycles. The number of ether oxygens (including phenoxy) is 1. The van der Waals surface area contributed by atoms with Crippen LogP contribution in [0.2, 0.25) is 0 Å². The number of anilines is 2. The predicted octanol–water partition coefficient (Wildman–Crippen LogP) is 4.45. The lowest BCUT2D eigenvalue weighted by Gasteiger charge is -2.23. The van der Waals surface area contributed by atoms with Crippen LogP contribution in [0.15, 0.2) is 54.7 Å². The molecule has 5 heteroatoms. The number of ketones is 1. The maximum absolute atomic E-state index is 12.6. The Morgan fingerprint density at radius 3 is 2.67 bits per heavy atom. The lowest BCUT2D eigenvalue weighted by Crippen LogP contribution is -2.21. The number of nitrogens with zero attached hydrogens (tertiary/aromatic N) is 2. The third-order valence-electron chi connectivity index (χ3n) is 4.90. The van der Waals surface area contributed by atoms with Gasteiger partial charge in [0, 0.05) is 18.3 Å². The maximum Gasteiger partial charge on any atom is 0.227 e. The van der Waals surface area contributed by atoms with Crippen molar-refractivity contribution in [3.63, 3.8) is 0 Å². The lowest BCUT2D eigenvalue weighted by atomic mass is 9.82. The molecule has 0 saturated carbocycles. The van der Waals surface area contributed by atoms with Gasteiger partial charge in [-0.2, -0.15) is 0 Å². The molecule has 1 aliphatic rings. The predicted molar refractivity (Wildman–Crippen MR) is 105 cm³/mol. The molecule has 1 heterocycles. The number of Topliss-reactive ketones (excluding diaryl/α,β-unsaturated/α-hetero) is 1. The topological polar surface area (TPSA) is 64.1 Å². The van der Waals surface area contributed by atoms with E-state index in [1.54, 1.807) is 13.3 Å². The minimum Gasteiger partial charge on any atom is -0.497 e. The number of fused-ring (bicyclic) bond motifs is 1. The summed E-state index contributed by atoms with van der Waals surface area (Å²) in [6, 6.07) is 15.9. The largest absolute Gasteiger partial charge is 0.497 e. The summed E-state index contributed by atoms with van der Waals surface area (Å²) in [5.41, 5.74) is 4.71. The van der Waals surface area contributed by atoms with Crippen molar-refractivity contribution in [2.45, 2.75) is 25.7 Å². The molecule has 4 rings (SSSR count). The van der Waals surface area contributed by atoms with Crippen molar-refractivity contribution in [1.29, 1.82) is 0 Å². The summed E-state index contributed by atoms with van der Waals surface area (Å²) in [4.78, 5) is 21.5. The van der Waals surface area contributed by atoms with E-state index in [4.69, 9.17) is 4.74 Å². The monoisotopic (exact) mass is 359 g/mol. The van der Waals surface area contributed by atoms with E-state index < -0.39 is 0 Å². The SMILES string of the molecule is COc1ccc(Nc2ncc3c(n2)CC(c2cccc(C)c2)CC3=O)cc1. The van der Waals surface area contributed by atoms with Gasteiger partial charge >= 0.3 is 0 Å². The van der Waals surface area contributed by atoms with Gasteiger partial charge in [0.1, 0.15) is 5.75 Å². The van der Waals surface area contributed by atoms with Crippen LogP contribution < -0.4 is 10.1 Å². The number of carbonyl (C=O) groups is 1. The van der Waals surface area contributed by atoms with Gasteiger partial charge < -0.3 is 10.1 Å². The Hall–Kier alpha value is -3.21. The van der Waals surface area contributed by atoms with Crippen LogP contribution >= 0.6 is 0 Å². The number of carbonyl (C=O) groups excluding carboxylic acids is 1. The molecule has 0 spiro atoms. The van der Waals surface area contributed by atoms with Gasteiger partial charge in [0.15, 0.2) is 5.78 Å². The minimum atomic E-state index is 0.110. The molecule has 3 aromatic rings. The van der Waals surface area contributed by atoms with Crippen LogP contribution in [0.25, 0.3) is 0 Å². The van der Waals surface area contributed by atoms with E-state index in [1.165, 1.54) is 11.1 Å². The molecule has 0 amide bonds. The first-order chi connectivity index (χ1) is 13.1. The number of rotatable bonds is 4. The normalized spacial score (nSPS) is 15.9. The number of aryl methyl sites for hydroxylation is 1. The molecule has 1 atom stereocenters. The first kappa shape index (κ1) is 17.2. The summed E-state index contributed by atoms with van der Waals surface area (Å²) in [5, 5.41) is 3.19. The zero-order valence-corrected chi connectivity index (χ0v) is 15.4. The van der Waals surface area contributed by atoms with Gasteiger partial charge in [-0.15, -0.1) is 0 Å². The van der Waals surface area contributed by atoms with Gasteiger partial charge in [0.25, 0.3) is 0 Å². The standard InChI is InChI=1S/C22H21N3O2/c1-14-4-3-5-15(10-14)16-11-20-19(21(26)12-16)13-23-22(25-20)24-17-6-8-18(27-2)9-7-17/h3-10,13,16H,11-12H2,1-2H3,(H,23,24,25). The van der Waals surface area contributed by atoms with Gasteiger partial charge in [0.2, 0.25) is 5.95 Å². The summed E-state index contributed by atoms with van der Waals surface area (Å²) in [7, 11) is 1.64. The third kappa shape index (κ3) is 3.67. The molecular weight excluding hydrogens is 338 g/mol. The average molecular weight is 359 g/mol. The van der Waals surface area contributed by atoms with Crippen molar-refractivity contribution in [2.75, 3.05) is 12.4 Å². The molecule has 136 valence electrons. The Kier molecular flexibility index (Phi) is 4.59. The van der Waals surface area contributed by atoms with Gasteiger partial charge in [-0.3, -0.25) is 4.79 Å². The first-order valence-corrected chi connectivity index (χ1v) is 8.99. The van der Waals surface area contributed by atoms with E-state index in [1.807, 2.05) is 30.3 Å². The van der Waals surface area contributed by atoms with E-state index in [2.05, 4.69) is 40.4 Å². The fourth-order valence-corrected chi connectivity index (χ4v) is 3.47. The highest BCUT2D eigenvalue weighted by Gasteiger charge is 2.28. The Bertz CT molecular complexity index is 983. The van der Waals surface area contributed by atoms with Crippen molar-refractivity contribution in [3.8, 4) is 5.75 Å². The molecule has 0 bridgehead atoms. The molecule has 1 aromatic heterocycles. The van der Waals surface area contributed by atoms with E-state index in [0.717, 1.165) is 23.6 Å². The summed E-state index contributed by atoms with van der Waals surface area (Å²) in [5.74, 6) is 1.56. The van der Waals surface area contributed by atoms with Crippen molar-refractivity contribution >= 4 is 17.4 Å². The van der Waals surface area contributed by atoms with Crippen molar-refractivity contribution in [3.05, 3.63) is 77.1 Å². The van der Waals surface area contributed by atoms with Crippen LogP contribution in [0.1, 0.15) is 39.5 Å². The van der Waals surface area contributed by atoms with Crippen LogP contribution in [0.4, 0.5) is 11.6 Å². The van der Waals surface area contributed by atoms with Crippen LogP contribution in [0, 0.1) is 6.92 Å². The second-order valence-electron chi connectivity index (χ2n) is 6.85. The van der Waals surface area contributed by atoms with Gasteiger partial charge in [0.05, 0.1) is 18.4 Å². The van der Waals surface area contributed by atoms with Gasteiger partial charge in [-0.25, -0.2) is 9.97 Å². The number of nitrogens with one attached hydrogen (secondary N) is 1. The average Bonchev–Trinajstić information content (AvgIpc) is 2.68. The molecule has 0 saturated heterocycles. The smallest absolute Gasteiger partial charge is 0.227 e. The fourth-order valence-electron chi connectivity index (χ4n) is 3.47. The second-order valence-corrected chi connectivity index (χ2v) is 6.85. The van der Waals surface area contributed by atoms with Gasteiger partial charge in [-0.05, 0) is 49.1 Å². The molecule has 5 nitrogen and oxygen atoms in total. The molecule has 27 heavy (non-hydrogen) atoms. The summed E-state index contributed by atoms with van der Waals surface area (Å²) >= 11 is 0. The van der Waals surface area contributed by atoms with E-state index in [0.29, 0.717) is 17.9 Å². The van der Waals surface area contributed by atoms with Crippen molar-refractivity contribution in [2.24, 2.45) is 0 Å². The second kappa shape index (κ2) is 7.19. The Balaban J connectivity index is 1.58. The molecule has 1 unspecified atom stereocenters. The Morgan fingerprint density at radius 1 is 1.11 bits per heavy atom. The Morgan fingerprint density at radius 2 is 1.93 bits per heavy atom. The van der Waals surface area contributed by atoms with Gasteiger partial charge in [-0.1, -0.05) is 29.8 Å². The first-order valence-electron chi connectivity index (χ1n) is 8.99. The fraction of sp³-hybridized carbons (Fsp3) is 0.227. The van der Waals surface area contributed by atoms with E-state index >= 15 is 0 Å². The molecule has 0 radical (unpaired) electrons. The number of methoxy groups -OCH3 is 1. The van der Waals surface area contributed by atoms with E-state index in [9.17, 15) is 4.79 Å². The number of benzene rings is 2. The Labute approximate surface area is 158 Å². The lowest BCUT2D eigenvalue weighted by molar-refractivity contribution is 0.0962. The summed E-state index contributed by atoms with van der Waals surface area (Å²) in [6.07, 6.45) is 2.89. The zero-order chi connectivity index (χ0) is 18.8. The van der Waals surface area contributed by atoms with Crippen LogP contribution in [-0.2, 0) is 6.42 Å². The summed E-state index contributed by atoms with van der Waals surface area (Å²) < 4.78 is 5.17. The van der Waals surface area contributed by atoms with Crippen LogP contribution in [0.3, 0.4) is 0 Å². The molecule has 0 fully saturated rings. The number of aromatic nitrogens is 2. The van der Waals surface area contributed by atoms with E-state index in [-0.39, 0.29) is 11.7 Å². The minimum absolute atomic E-state index is 0.110. The number of hydrogen-bond donors (Lipinski definition) is 1. The zero-order valence-electron chi connectivity index (χ0n) is 15.4. The van der Waals surface area contributed by atoms with Crippen molar-refractivity contribution < 1.29 is 9.53 Å². The molecule has 0 aliphatic heterocycles. The maximum atomic E-state index is 12.6. The summed E-state index contributed by atoms with van der Waals surface area (Å²) in [6.45, 7) is 2.07. The number of hydrogen-bond acceptors (Lipinski definition) is 5. The highest BCUT2D eigenvalue weighted by molar-refractivity contribution is 5.98. The third-order valence-corrected chi connectivity index (χ3v) is 4.90. The quantitative estimate of drug-likeness (QED) is 0.745. The highest BCUT2D eigenvalue weighted by Crippen LogP contribution is 2.32. The molecular formula is C22H21N3O2. The van der Waals surface area contributed by atoms with Crippen LogP contribution in [-0.4, -0.2) is 22.9 Å². The highest BCUT2D eigenvalue weighted by atomic mass is 16.5. The van der Waals surface area contributed by atoms with Crippen molar-refractivity contribution in [1.82, 2.24) is 9.97 Å². The molecule has 1 N–H and O–H groups in total. The molecule has 1 aliphatic carbocycles.